The van der Waals surface area contributed by atoms with Gasteiger partial charge < -0.3 is 10.5 Å². The molecule has 0 aromatic heterocycles. The van der Waals surface area contributed by atoms with Crippen LogP contribution in [-0.2, 0) is 4.74 Å². The van der Waals surface area contributed by atoms with E-state index >= 15 is 0 Å². The van der Waals surface area contributed by atoms with E-state index in [4.69, 9.17) is 10.5 Å². The van der Waals surface area contributed by atoms with E-state index in [-0.39, 0.29) is 0 Å². The fraction of sp³-hybridized carbons (Fsp3) is 1.00. The number of hydrogen-bond donors (Lipinski definition) is 1. The highest BCUT2D eigenvalue weighted by Crippen LogP contribution is 2.37. The summed E-state index contributed by atoms with van der Waals surface area (Å²) in [5.41, 5.74) is 6.48. The van der Waals surface area contributed by atoms with Crippen LogP contribution in [0.25, 0.3) is 0 Å². The van der Waals surface area contributed by atoms with E-state index in [1.807, 2.05) is 0 Å². The number of rotatable bonds is 2. The lowest BCUT2D eigenvalue weighted by molar-refractivity contribution is -0.0284. The molecule has 1 unspecified atom stereocenters. The van der Waals surface area contributed by atoms with Gasteiger partial charge >= 0.3 is 0 Å². The van der Waals surface area contributed by atoms with Crippen molar-refractivity contribution < 1.29 is 4.74 Å². The molecular weight excluding hydrogens is 176 g/mol. The predicted octanol–water partition coefficient (Wildman–Crippen LogP) is 0.979. The zero-order chi connectivity index (χ0) is 10.0. The largest absolute Gasteiger partial charge is 0.379 e. The van der Waals surface area contributed by atoms with Crippen LogP contribution in [-0.4, -0.2) is 42.8 Å². The Bertz CT molecular complexity index is 182. The number of morpholine rings is 1. The third-order valence-electron chi connectivity index (χ3n) is 3.96. The molecule has 0 aromatic carbocycles. The molecule has 0 aromatic rings. The fourth-order valence-electron chi connectivity index (χ4n) is 3.06. The molecular formula is C11H22N2O. The second-order valence-electron chi connectivity index (χ2n) is 4.70. The van der Waals surface area contributed by atoms with Crippen molar-refractivity contribution in [1.29, 1.82) is 0 Å². The first-order valence-corrected chi connectivity index (χ1v) is 5.84. The molecule has 3 heteroatoms. The lowest BCUT2D eigenvalue weighted by Crippen LogP contribution is -2.60. The molecule has 1 atom stereocenters. The normalized spacial score (nSPS) is 30.4. The van der Waals surface area contributed by atoms with Gasteiger partial charge in [-0.05, 0) is 19.8 Å². The lowest BCUT2D eigenvalue weighted by atomic mass is 9.87. The molecule has 1 saturated heterocycles. The van der Waals surface area contributed by atoms with Gasteiger partial charge in [-0.25, -0.2) is 0 Å². The van der Waals surface area contributed by atoms with Gasteiger partial charge in [0.15, 0.2) is 0 Å². The van der Waals surface area contributed by atoms with E-state index in [1.165, 1.54) is 25.7 Å². The molecule has 2 aliphatic rings. The molecule has 2 fully saturated rings. The first-order chi connectivity index (χ1) is 6.76. The highest BCUT2D eigenvalue weighted by atomic mass is 16.5. The summed E-state index contributed by atoms with van der Waals surface area (Å²) in [6.07, 6.45) is 5.26. The van der Waals surface area contributed by atoms with Gasteiger partial charge in [-0.2, -0.15) is 0 Å². The van der Waals surface area contributed by atoms with Crippen LogP contribution >= 0.6 is 0 Å². The molecule has 0 spiro atoms. The molecule has 0 amide bonds. The van der Waals surface area contributed by atoms with Crippen molar-refractivity contribution in [2.24, 2.45) is 5.73 Å². The molecule has 2 N–H and O–H groups in total. The average Bonchev–Trinajstić information content (AvgIpc) is 2.69. The van der Waals surface area contributed by atoms with E-state index in [1.54, 1.807) is 0 Å². The molecule has 0 radical (unpaired) electrons. The van der Waals surface area contributed by atoms with Crippen molar-refractivity contribution in [1.82, 2.24) is 4.90 Å². The predicted molar refractivity (Wildman–Crippen MR) is 57.2 cm³/mol. The van der Waals surface area contributed by atoms with Gasteiger partial charge in [-0.15, -0.1) is 0 Å². The Morgan fingerprint density at radius 2 is 1.79 bits per heavy atom. The Balaban J connectivity index is 2.08. The molecule has 82 valence electrons. The van der Waals surface area contributed by atoms with Crippen LogP contribution < -0.4 is 5.73 Å². The maximum Gasteiger partial charge on any atom is 0.0594 e. The van der Waals surface area contributed by atoms with E-state index in [2.05, 4.69) is 11.8 Å². The number of nitrogens with two attached hydrogens (primary N) is 1. The zero-order valence-corrected chi connectivity index (χ0v) is 9.17. The van der Waals surface area contributed by atoms with Gasteiger partial charge in [0.25, 0.3) is 0 Å². The highest BCUT2D eigenvalue weighted by Gasteiger charge is 2.42. The third-order valence-corrected chi connectivity index (χ3v) is 3.96. The van der Waals surface area contributed by atoms with Gasteiger partial charge in [-0.1, -0.05) is 12.8 Å². The summed E-state index contributed by atoms with van der Waals surface area (Å²) in [6, 6.07) is 0.295. The monoisotopic (exact) mass is 198 g/mol. The van der Waals surface area contributed by atoms with Gasteiger partial charge in [0.2, 0.25) is 0 Å². The van der Waals surface area contributed by atoms with Crippen molar-refractivity contribution in [2.75, 3.05) is 26.3 Å². The van der Waals surface area contributed by atoms with Crippen LogP contribution in [0.3, 0.4) is 0 Å². The molecule has 1 aliphatic carbocycles. The van der Waals surface area contributed by atoms with Crippen LogP contribution in [0.5, 0.6) is 0 Å². The summed E-state index contributed by atoms with van der Waals surface area (Å²) in [5.74, 6) is 0. The Labute approximate surface area is 86.6 Å². The minimum absolute atomic E-state index is 0.295. The smallest absolute Gasteiger partial charge is 0.0594 e. The van der Waals surface area contributed by atoms with Crippen molar-refractivity contribution in [3.8, 4) is 0 Å². The van der Waals surface area contributed by atoms with Crippen molar-refractivity contribution in [3.63, 3.8) is 0 Å². The van der Waals surface area contributed by atoms with E-state index in [0.29, 0.717) is 11.6 Å². The molecule has 1 heterocycles. The Morgan fingerprint density at radius 1 is 1.21 bits per heavy atom. The Morgan fingerprint density at radius 3 is 2.29 bits per heavy atom. The Kier molecular flexibility index (Phi) is 3.10. The summed E-state index contributed by atoms with van der Waals surface area (Å²) >= 11 is 0. The van der Waals surface area contributed by atoms with Gasteiger partial charge in [0.1, 0.15) is 0 Å². The summed E-state index contributed by atoms with van der Waals surface area (Å²) in [7, 11) is 0. The van der Waals surface area contributed by atoms with Crippen LogP contribution in [0.1, 0.15) is 32.6 Å². The molecule has 1 aliphatic heterocycles. The summed E-state index contributed by atoms with van der Waals surface area (Å²) < 4.78 is 5.40. The maximum atomic E-state index is 6.18. The quantitative estimate of drug-likeness (QED) is 0.719. The van der Waals surface area contributed by atoms with E-state index in [0.717, 1.165) is 26.3 Å². The molecule has 1 saturated carbocycles. The molecule has 0 bridgehead atoms. The van der Waals surface area contributed by atoms with Crippen LogP contribution in [0.15, 0.2) is 0 Å². The highest BCUT2D eigenvalue weighted by molar-refractivity contribution is 5.01. The molecule has 2 rings (SSSR count). The van der Waals surface area contributed by atoms with Gasteiger partial charge in [0.05, 0.1) is 13.2 Å². The zero-order valence-electron chi connectivity index (χ0n) is 9.17. The standard InChI is InChI=1S/C11H22N2O/c1-10(12)11(4-2-3-5-11)13-6-8-14-9-7-13/h10H,2-9,12H2,1H3. The van der Waals surface area contributed by atoms with Crippen molar-refractivity contribution >= 4 is 0 Å². The summed E-state index contributed by atoms with van der Waals surface area (Å²) in [5, 5.41) is 0. The first-order valence-electron chi connectivity index (χ1n) is 5.84. The van der Waals surface area contributed by atoms with Gasteiger partial charge in [-0.3, -0.25) is 4.90 Å². The lowest BCUT2D eigenvalue weighted by Gasteiger charge is -2.46. The second kappa shape index (κ2) is 4.17. The van der Waals surface area contributed by atoms with Gasteiger partial charge in [0, 0.05) is 24.7 Å². The van der Waals surface area contributed by atoms with E-state index < -0.39 is 0 Å². The molecule has 3 nitrogen and oxygen atoms in total. The van der Waals surface area contributed by atoms with Crippen LogP contribution in [0.2, 0.25) is 0 Å². The average molecular weight is 198 g/mol. The van der Waals surface area contributed by atoms with Crippen LogP contribution in [0, 0.1) is 0 Å². The van der Waals surface area contributed by atoms with Crippen LogP contribution in [0.4, 0.5) is 0 Å². The first kappa shape index (κ1) is 10.4. The topological polar surface area (TPSA) is 38.5 Å². The Hall–Kier alpha value is -0.120. The van der Waals surface area contributed by atoms with Crippen molar-refractivity contribution in [3.05, 3.63) is 0 Å². The second-order valence-corrected chi connectivity index (χ2v) is 4.70. The van der Waals surface area contributed by atoms with E-state index in [9.17, 15) is 0 Å². The fourth-order valence-corrected chi connectivity index (χ4v) is 3.06. The minimum Gasteiger partial charge on any atom is -0.379 e. The SMILES string of the molecule is CC(N)C1(N2CCOCC2)CCCC1. The molecule has 14 heavy (non-hydrogen) atoms. The maximum absolute atomic E-state index is 6.18. The summed E-state index contributed by atoms with van der Waals surface area (Å²) in [4.78, 5) is 2.58. The number of nitrogens with zero attached hydrogens (tertiary/aromatic N) is 1. The van der Waals surface area contributed by atoms with Crippen molar-refractivity contribution in [2.45, 2.75) is 44.2 Å². The number of hydrogen-bond acceptors (Lipinski definition) is 3. The third kappa shape index (κ3) is 1.69. The summed E-state index contributed by atoms with van der Waals surface area (Å²) in [6.45, 7) is 6.08. The minimum atomic E-state index is 0.295. The number of ether oxygens (including phenoxy) is 1.